The first-order valence-electron chi connectivity index (χ1n) is 14.1. The standard InChI is InChI=1S/C27H44N6O3/c1-27(2,3)24(33-17-22(29-30-33)19-8-9-19)26(36)32-16-21(34)14-23(32)25(35)28-20-10-12-31(13-11-20)15-18-6-4-5-7-18/h17-21,23-24,34H,4-16H2,1-3H3,(H,28,35)/t21-,23+,24-/m1/s1. The monoisotopic (exact) mass is 500 g/mol. The van der Waals surface area contributed by atoms with Crippen molar-refractivity contribution in [3.8, 4) is 0 Å². The first-order chi connectivity index (χ1) is 17.2. The second kappa shape index (κ2) is 10.4. The van der Waals surface area contributed by atoms with E-state index in [1.54, 1.807) is 9.58 Å². The molecule has 200 valence electrons. The highest BCUT2D eigenvalue weighted by molar-refractivity contribution is 5.90. The van der Waals surface area contributed by atoms with Gasteiger partial charge in [0.15, 0.2) is 0 Å². The van der Waals surface area contributed by atoms with Gasteiger partial charge in [0.1, 0.15) is 12.1 Å². The number of carbonyl (C=O) groups is 2. The maximum Gasteiger partial charge on any atom is 0.248 e. The molecule has 5 rings (SSSR count). The number of nitrogens with one attached hydrogen (secondary N) is 1. The molecule has 2 N–H and O–H groups in total. The maximum absolute atomic E-state index is 13.9. The van der Waals surface area contributed by atoms with Crippen LogP contribution >= 0.6 is 0 Å². The van der Waals surface area contributed by atoms with E-state index in [4.69, 9.17) is 0 Å². The van der Waals surface area contributed by atoms with Crippen molar-refractivity contribution < 1.29 is 14.7 Å². The molecule has 36 heavy (non-hydrogen) atoms. The van der Waals surface area contributed by atoms with Crippen LogP contribution in [0, 0.1) is 11.3 Å². The fourth-order valence-electron chi connectivity index (χ4n) is 6.44. The Morgan fingerprint density at radius 3 is 2.44 bits per heavy atom. The molecule has 0 unspecified atom stereocenters. The second-order valence-electron chi connectivity index (χ2n) is 12.8. The van der Waals surface area contributed by atoms with E-state index in [0.29, 0.717) is 5.92 Å². The SMILES string of the molecule is CC(C)(C)[C@@H](C(=O)N1C[C@H](O)C[C@H]1C(=O)NC1CCN(CC2CCCC2)CC1)n1cc(C2CC2)nn1. The molecule has 1 aromatic heterocycles. The zero-order chi connectivity index (χ0) is 25.4. The van der Waals surface area contributed by atoms with Crippen LogP contribution in [0.4, 0.5) is 0 Å². The first kappa shape index (κ1) is 25.6. The Labute approximate surface area is 215 Å². The van der Waals surface area contributed by atoms with E-state index in [2.05, 4.69) is 20.5 Å². The lowest BCUT2D eigenvalue weighted by Gasteiger charge is -2.36. The van der Waals surface area contributed by atoms with Crippen molar-refractivity contribution in [1.82, 2.24) is 30.1 Å². The Balaban J connectivity index is 1.21. The molecule has 3 heterocycles. The number of aliphatic hydroxyl groups excluding tert-OH is 1. The minimum absolute atomic E-state index is 0.127. The van der Waals surface area contributed by atoms with Crippen LogP contribution < -0.4 is 5.32 Å². The van der Waals surface area contributed by atoms with Crippen LogP contribution in [0.2, 0.25) is 0 Å². The Morgan fingerprint density at radius 2 is 1.81 bits per heavy atom. The molecule has 0 aromatic carbocycles. The van der Waals surface area contributed by atoms with Gasteiger partial charge in [-0.3, -0.25) is 9.59 Å². The van der Waals surface area contributed by atoms with Gasteiger partial charge in [-0.25, -0.2) is 4.68 Å². The van der Waals surface area contributed by atoms with Crippen LogP contribution in [0.1, 0.15) is 96.2 Å². The van der Waals surface area contributed by atoms with Gasteiger partial charge in [0.2, 0.25) is 11.8 Å². The van der Waals surface area contributed by atoms with Crippen LogP contribution in [0.15, 0.2) is 6.20 Å². The number of likely N-dealkylation sites (tertiary alicyclic amines) is 2. The molecule has 2 amide bonds. The molecule has 2 aliphatic heterocycles. The van der Waals surface area contributed by atoms with E-state index in [0.717, 1.165) is 50.4 Å². The van der Waals surface area contributed by atoms with E-state index >= 15 is 0 Å². The fourth-order valence-corrected chi connectivity index (χ4v) is 6.44. The van der Waals surface area contributed by atoms with E-state index in [1.165, 1.54) is 32.2 Å². The minimum atomic E-state index is -0.698. The number of β-amino-alcohol motifs (C(OH)–C–C–N with tert-alkyl or cyclic N) is 1. The van der Waals surface area contributed by atoms with Crippen molar-refractivity contribution in [3.63, 3.8) is 0 Å². The Bertz CT molecular complexity index is 924. The number of aromatic nitrogens is 3. The molecule has 4 fully saturated rings. The van der Waals surface area contributed by atoms with Gasteiger partial charge in [0.05, 0.1) is 11.8 Å². The number of aliphatic hydroxyl groups is 1. The smallest absolute Gasteiger partial charge is 0.248 e. The molecular formula is C27H44N6O3. The van der Waals surface area contributed by atoms with Gasteiger partial charge in [0, 0.05) is 50.8 Å². The highest BCUT2D eigenvalue weighted by Crippen LogP contribution is 2.40. The Morgan fingerprint density at radius 1 is 1.11 bits per heavy atom. The van der Waals surface area contributed by atoms with Crippen molar-refractivity contribution >= 4 is 11.8 Å². The number of piperidine rings is 1. The van der Waals surface area contributed by atoms with Gasteiger partial charge in [-0.2, -0.15) is 0 Å². The van der Waals surface area contributed by atoms with Crippen molar-refractivity contribution in [2.24, 2.45) is 11.3 Å². The summed E-state index contributed by atoms with van der Waals surface area (Å²) in [6, 6.07) is -1.11. The zero-order valence-corrected chi connectivity index (χ0v) is 22.2. The van der Waals surface area contributed by atoms with Crippen molar-refractivity contribution in [2.45, 2.75) is 109 Å². The van der Waals surface area contributed by atoms with E-state index in [9.17, 15) is 14.7 Å². The number of hydrogen-bond donors (Lipinski definition) is 2. The summed E-state index contributed by atoms with van der Waals surface area (Å²) in [7, 11) is 0. The van der Waals surface area contributed by atoms with Crippen LogP contribution in [0.5, 0.6) is 0 Å². The first-order valence-corrected chi connectivity index (χ1v) is 14.1. The summed E-state index contributed by atoms with van der Waals surface area (Å²) in [6.45, 7) is 9.42. The Hall–Kier alpha value is -2.00. The summed E-state index contributed by atoms with van der Waals surface area (Å²) in [5.74, 6) is 0.986. The lowest BCUT2D eigenvalue weighted by molar-refractivity contribution is -0.144. The summed E-state index contributed by atoms with van der Waals surface area (Å²) in [4.78, 5) is 31.4. The minimum Gasteiger partial charge on any atom is -0.391 e. The van der Waals surface area contributed by atoms with Crippen molar-refractivity contribution in [1.29, 1.82) is 0 Å². The quantitative estimate of drug-likeness (QED) is 0.596. The fraction of sp³-hybridized carbons (Fsp3) is 0.852. The molecule has 0 bridgehead atoms. The zero-order valence-electron chi connectivity index (χ0n) is 22.2. The summed E-state index contributed by atoms with van der Waals surface area (Å²) >= 11 is 0. The predicted molar refractivity (Wildman–Crippen MR) is 136 cm³/mol. The van der Waals surface area contributed by atoms with Gasteiger partial charge in [-0.15, -0.1) is 5.10 Å². The highest BCUT2D eigenvalue weighted by atomic mass is 16.3. The average molecular weight is 501 g/mol. The van der Waals surface area contributed by atoms with Crippen LogP contribution in [-0.2, 0) is 9.59 Å². The maximum atomic E-state index is 13.9. The molecule has 2 aliphatic carbocycles. The van der Waals surface area contributed by atoms with Crippen LogP contribution in [-0.4, -0.2) is 86.1 Å². The number of nitrogens with zero attached hydrogens (tertiary/aromatic N) is 5. The van der Waals surface area contributed by atoms with E-state index in [-0.39, 0.29) is 30.8 Å². The second-order valence-corrected chi connectivity index (χ2v) is 12.8. The van der Waals surface area contributed by atoms with Crippen molar-refractivity contribution in [2.75, 3.05) is 26.2 Å². The van der Waals surface area contributed by atoms with Crippen LogP contribution in [0.25, 0.3) is 0 Å². The lowest BCUT2D eigenvalue weighted by Crippen LogP contribution is -2.53. The molecule has 9 nitrogen and oxygen atoms in total. The molecule has 2 saturated heterocycles. The average Bonchev–Trinajstić information content (AvgIpc) is 3.19. The summed E-state index contributed by atoms with van der Waals surface area (Å²) in [5.41, 5.74) is 0.513. The molecule has 4 aliphatic rings. The third kappa shape index (κ3) is 5.77. The molecule has 1 aromatic rings. The summed E-state index contributed by atoms with van der Waals surface area (Å²) in [6.07, 6.45) is 11.0. The normalized spacial score (nSPS) is 27.5. The molecule has 0 radical (unpaired) electrons. The third-order valence-corrected chi connectivity index (χ3v) is 8.63. The molecule has 0 spiro atoms. The van der Waals surface area contributed by atoms with Crippen LogP contribution in [0.3, 0.4) is 0 Å². The molecule has 3 atom stereocenters. The number of hydrogen-bond acceptors (Lipinski definition) is 6. The van der Waals surface area contributed by atoms with Gasteiger partial charge >= 0.3 is 0 Å². The highest BCUT2D eigenvalue weighted by Gasteiger charge is 2.46. The largest absolute Gasteiger partial charge is 0.391 e. The number of amides is 2. The third-order valence-electron chi connectivity index (χ3n) is 8.63. The molecule has 9 heteroatoms. The van der Waals surface area contributed by atoms with Crippen molar-refractivity contribution in [3.05, 3.63) is 11.9 Å². The van der Waals surface area contributed by atoms with Gasteiger partial charge < -0.3 is 20.2 Å². The Kier molecular flexibility index (Phi) is 7.41. The summed E-state index contributed by atoms with van der Waals surface area (Å²) < 4.78 is 1.68. The number of rotatable bonds is 7. The summed E-state index contributed by atoms with van der Waals surface area (Å²) in [5, 5.41) is 22.3. The van der Waals surface area contributed by atoms with E-state index in [1.807, 2.05) is 27.0 Å². The van der Waals surface area contributed by atoms with Gasteiger partial charge in [-0.05, 0) is 49.9 Å². The topological polar surface area (TPSA) is 104 Å². The van der Waals surface area contributed by atoms with Gasteiger partial charge in [-0.1, -0.05) is 38.8 Å². The molecule has 2 saturated carbocycles. The van der Waals surface area contributed by atoms with E-state index < -0.39 is 23.6 Å². The molecular weight excluding hydrogens is 456 g/mol. The number of carbonyl (C=O) groups excluding carboxylic acids is 2. The predicted octanol–water partition coefficient (Wildman–Crippen LogP) is 2.48. The van der Waals surface area contributed by atoms with Gasteiger partial charge in [0.25, 0.3) is 0 Å². The lowest BCUT2D eigenvalue weighted by atomic mass is 9.85.